The van der Waals surface area contributed by atoms with Crippen LogP contribution in [0.1, 0.15) is 11.4 Å². The molecule has 0 bridgehead atoms. The molecule has 0 aliphatic rings. The highest BCUT2D eigenvalue weighted by Gasteiger charge is 2.28. The number of aromatic nitrogens is 4. The zero-order valence-electron chi connectivity index (χ0n) is 15.0. The van der Waals surface area contributed by atoms with Crippen molar-refractivity contribution in [3.8, 4) is 23.5 Å². The maximum absolute atomic E-state index is 12.7. The molecule has 2 heterocycles. The van der Waals surface area contributed by atoms with Crippen LogP contribution in [0.2, 0.25) is 0 Å². The van der Waals surface area contributed by atoms with E-state index in [2.05, 4.69) is 15.6 Å². The lowest BCUT2D eigenvalue weighted by molar-refractivity contribution is -0.428. The molecule has 4 rings (SSSR count). The van der Waals surface area contributed by atoms with Gasteiger partial charge in [-0.15, -0.1) is 5.43 Å². The quantitative estimate of drug-likeness (QED) is 0.419. The Morgan fingerprint density at radius 3 is 1.86 bits per heavy atom. The molecule has 0 unspecified atom stereocenters. The van der Waals surface area contributed by atoms with E-state index < -0.39 is 0 Å². The zero-order valence-corrected chi connectivity index (χ0v) is 15.0. The SMILES string of the molecule is N#Cc1c(N[N+](=O)c2cnn(-c3ccccc3)c2C#N)cnn1-c1ccccc1. The van der Waals surface area contributed by atoms with Gasteiger partial charge in [-0.05, 0) is 24.3 Å². The molecule has 0 radical (unpaired) electrons. The third kappa shape index (κ3) is 3.20. The molecule has 0 fully saturated rings. The number of nitroso groups, excluding NO2 is 1. The number of hydrogen-bond donors (Lipinski definition) is 1. The van der Waals surface area contributed by atoms with Crippen LogP contribution in [0.15, 0.2) is 73.1 Å². The van der Waals surface area contributed by atoms with Gasteiger partial charge in [0.25, 0.3) is 0 Å². The summed E-state index contributed by atoms with van der Waals surface area (Å²) in [5.74, 6) is 0. The largest absolute Gasteiger partial charge is 0.348 e. The molecule has 1 N–H and O–H groups in total. The predicted octanol–water partition coefficient (Wildman–Crippen LogP) is 3.24. The van der Waals surface area contributed by atoms with Gasteiger partial charge in [0, 0.05) is 0 Å². The van der Waals surface area contributed by atoms with E-state index in [1.807, 2.05) is 48.5 Å². The first-order valence-electron chi connectivity index (χ1n) is 8.54. The molecular weight excluding hydrogens is 368 g/mol. The van der Waals surface area contributed by atoms with E-state index in [4.69, 9.17) is 0 Å². The third-order valence-corrected chi connectivity index (χ3v) is 4.17. The monoisotopic (exact) mass is 381 g/mol. The number of hydrogen-bond acceptors (Lipinski definition) is 5. The number of nitriles is 2. The second-order valence-corrected chi connectivity index (χ2v) is 5.91. The minimum Gasteiger partial charge on any atom is -0.221 e. The number of benzene rings is 2. The van der Waals surface area contributed by atoms with Crippen molar-refractivity contribution < 1.29 is 4.87 Å². The Morgan fingerprint density at radius 2 is 1.31 bits per heavy atom. The van der Waals surface area contributed by atoms with Crippen LogP contribution in [0, 0.1) is 27.6 Å². The number of nitrogens with zero attached hydrogens (tertiary/aromatic N) is 7. The van der Waals surface area contributed by atoms with Crippen LogP contribution in [-0.2, 0) is 0 Å². The van der Waals surface area contributed by atoms with Crippen molar-refractivity contribution in [2.45, 2.75) is 0 Å². The minimum absolute atomic E-state index is 0.0210. The van der Waals surface area contributed by atoms with E-state index in [1.54, 1.807) is 24.3 Å². The maximum Gasteiger partial charge on any atom is 0.348 e. The van der Waals surface area contributed by atoms with Gasteiger partial charge in [-0.1, -0.05) is 36.4 Å². The fraction of sp³-hybridized carbons (Fsp3) is 0. The lowest BCUT2D eigenvalue weighted by Gasteiger charge is -2.02. The van der Waals surface area contributed by atoms with Crippen LogP contribution in [0.3, 0.4) is 0 Å². The summed E-state index contributed by atoms with van der Waals surface area (Å²) in [5.41, 5.74) is 4.36. The van der Waals surface area contributed by atoms with Crippen LogP contribution in [0.4, 0.5) is 11.4 Å². The number of para-hydroxylation sites is 2. The number of anilines is 1. The molecule has 2 aromatic carbocycles. The fourth-order valence-corrected chi connectivity index (χ4v) is 2.83. The van der Waals surface area contributed by atoms with Crippen molar-refractivity contribution in [3.63, 3.8) is 0 Å². The van der Waals surface area contributed by atoms with Crippen LogP contribution in [0.5, 0.6) is 0 Å². The van der Waals surface area contributed by atoms with Gasteiger partial charge in [0.15, 0.2) is 16.3 Å². The topological polar surface area (TPSA) is 115 Å². The second-order valence-electron chi connectivity index (χ2n) is 5.91. The van der Waals surface area contributed by atoms with Gasteiger partial charge in [-0.25, -0.2) is 9.36 Å². The van der Waals surface area contributed by atoms with Crippen molar-refractivity contribution in [1.29, 1.82) is 10.5 Å². The zero-order chi connectivity index (χ0) is 20.2. The number of nitrogens with one attached hydrogen (secondary N) is 1. The van der Waals surface area contributed by atoms with Crippen LogP contribution in [0.25, 0.3) is 11.4 Å². The van der Waals surface area contributed by atoms with Gasteiger partial charge in [0.05, 0.1) is 22.5 Å². The van der Waals surface area contributed by atoms with Gasteiger partial charge in [-0.2, -0.15) is 20.7 Å². The van der Waals surface area contributed by atoms with Gasteiger partial charge < -0.3 is 0 Å². The number of hydrazine groups is 1. The summed E-state index contributed by atoms with van der Waals surface area (Å²) in [6.07, 6.45) is 2.67. The molecule has 2 aromatic heterocycles. The van der Waals surface area contributed by atoms with Crippen LogP contribution >= 0.6 is 0 Å². The smallest absolute Gasteiger partial charge is 0.221 e. The van der Waals surface area contributed by atoms with Gasteiger partial charge in [-0.3, -0.25) is 0 Å². The van der Waals surface area contributed by atoms with Crippen LogP contribution < -0.4 is 5.43 Å². The van der Waals surface area contributed by atoms with Crippen molar-refractivity contribution >= 4 is 11.4 Å². The van der Waals surface area contributed by atoms with E-state index in [0.717, 1.165) is 0 Å². The standard InChI is InChI=1S/C20H13N8O/c21-11-18-17(13-23-26(18)15-7-3-1-4-8-15)25-28(29)20-14-24-27(19(20)12-22)16-9-5-2-6-10-16/h1-10,13-14H,(H,25,29)/q+1. The van der Waals surface area contributed by atoms with E-state index in [-0.39, 0.29) is 22.8 Å². The van der Waals surface area contributed by atoms with Crippen molar-refractivity contribution in [2.75, 3.05) is 5.43 Å². The lowest BCUT2D eigenvalue weighted by Crippen LogP contribution is -2.12. The average Bonchev–Trinajstić information content (AvgIpc) is 3.38. The summed E-state index contributed by atoms with van der Waals surface area (Å²) < 4.78 is 2.80. The Hall–Kier alpha value is -4.76. The van der Waals surface area contributed by atoms with Crippen molar-refractivity contribution in [1.82, 2.24) is 19.6 Å². The van der Waals surface area contributed by atoms with E-state index >= 15 is 0 Å². The molecule has 29 heavy (non-hydrogen) atoms. The lowest BCUT2D eigenvalue weighted by atomic mass is 10.3. The molecule has 9 nitrogen and oxygen atoms in total. The van der Waals surface area contributed by atoms with Crippen LogP contribution in [-0.4, -0.2) is 24.4 Å². The number of rotatable bonds is 5. The van der Waals surface area contributed by atoms with Gasteiger partial charge in [0.1, 0.15) is 18.3 Å². The van der Waals surface area contributed by atoms with Crippen molar-refractivity contribution in [2.24, 2.45) is 0 Å². The molecule has 0 amide bonds. The molecular formula is C20H13N8O+. The summed E-state index contributed by atoms with van der Waals surface area (Å²) in [5, 5.41) is 27.4. The summed E-state index contributed by atoms with van der Waals surface area (Å²) in [6, 6.07) is 22.1. The molecule has 0 aliphatic heterocycles. The van der Waals surface area contributed by atoms with E-state index in [0.29, 0.717) is 16.2 Å². The highest BCUT2D eigenvalue weighted by atomic mass is 16.3. The molecule has 0 saturated carbocycles. The van der Waals surface area contributed by atoms with Crippen molar-refractivity contribution in [3.05, 3.63) is 89.4 Å². The van der Waals surface area contributed by atoms with Gasteiger partial charge in [0.2, 0.25) is 5.69 Å². The minimum atomic E-state index is 0.0210. The Balaban J connectivity index is 1.67. The normalized spacial score (nSPS) is 10.1. The highest BCUT2D eigenvalue weighted by molar-refractivity contribution is 5.55. The highest BCUT2D eigenvalue weighted by Crippen LogP contribution is 2.24. The van der Waals surface area contributed by atoms with E-state index in [1.165, 1.54) is 21.8 Å². The summed E-state index contributed by atoms with van der Waals surface area (Å²) in [6.45, 7) is 0. The molecule has 0 spiro atoms. The molecule has 138 valence electrons. The third-order valence-electron chi connectivity index (χ3n) is 4.17. The molecule has 0 aliphatic carbocycles. The molecule has 0 atom stereocenters. The van der Waals surface area contributed by atoms with Gasteiger partial charge >= 0.3 is 5.69 Å². The predicted molar refractivity (Wildman–Crippen MR) is 103 cm³/mol. The molecule has 4 aromatic rings. The van der Waals surface area contributed by atoms with E-state index in [9.17, 15) is 15.4 Å². The maximum atomic E-state index is 12.7. The fourth-order valence-electron chi connectivity index (χ4n) is 2.83. The Bertz CT molecular complexity index is 1260. The molecule has 9 heteroatoms. The molecule has 0 saturated heterocycles. The first-order chi connectivity index (χ1) is 14.2. The summed E-state index contributed by atoms with van der Waals surface area (Å²) in [4.78, 5) is 13.1. The Labute approximate surface area is 165 Å². The Morgan fingerprint density at radius 1 is 0.793 bits per heavy atom. The Kier molecular flexibility index (Phi) is 4.54. The summed E-state index contributed by atoms with van der Waals surface area (Å²) >= 11 is 0. The first-order valence-corrected chi connectivity index (χ1v) is 8.54. The summed E-state index contributed by atoms with van der Waals surface area (Å²) in [7, 11) is 0. The average molecular weight is 381 g/mol. The second kappa shape index (κ2) is 7.47. The first kappa shape index (κ1) is 17.6.